The lowest BCUT2D eigenvalue weighted by atomic mass is 10.2. The molecule has 0 unspecified atom stereocenters. The molecule has 1 saturated heterocycles. The molecular weight excluding hydrogens is 426 g/mol. The number of ether oxygens (including phenoxy) is 1. The molecule has 0 atom stereocenters. The number of benzene rings is 2. The number of fused-ring (bicyclic) bond motifs is 1. The van der Waals surface area contributed by atoms with Crippen LogP contribution < -0.4 is 15.6 Å². The molecule has 2 aromatic carbocycles. The largest absolute Gasteiger partial charge is 0.378 e. The first-order valence-corrected chi connectivity index (χ1v) is 11.1. The third-order valence-electron chi connectivity index (χ3n) is 5.24. The fourth-order valence-electron chi connectivity index (χ4n) is 3.61. The number of carbonyl (C=O) groups excluding carboxylic acids is 1. The Balaban J connectivity index is 1.41. The first-order valence-electron chi connectivity index (χ1n) is 10.3. The summed E-state index contributed by atoms with van der Waals surface area (Å²) in [6, 6.07) is 16.4. The van der Waals surface area contributed by atoms with E-state index in [4.69, 9.17) is 9.72 Å². The van der Waals surface area contributed by atoms with Crippen molar-refractivity contribution in [3.8, 4) is 5.69 Å². The number of hydrogen-bond acceptors (Lipinski definition) is 7. The van der Waals surface area contributed by atoms with Crippen LogP contribution in [0.25, 0.3) is 15.9 Å². The fourth-order valence-corrected chi connectivity index (χ4v) is 4.66. The van der Waals surface area contributed by atoms with E-state index in [-0.39, 0.29) is 5.69 Å². The van der Waals surface area contributed by atoms with Crippen LogP contribution in [-0.4, -0.2) is 47.0 Å². The Bertz CT molecular complexity index is 1340. The lowest BCUT2D eigenvalue weighted by molar-refractivity contribution is 0.101. The van der Waals surface area contributed by atoms with Gasteiger partial charge in [0.15, 0.2) is 10.8 Å². The van der Waals surface area contributed by atoms with E-state index >= 15 is 0 Å². The predicted octanol–water partition coefficient (Wildman–Crippen LogP) is 3.24. The third kappa shape index (κ3) is 4.00. The van der Waals surface area contributed by atoms with E-state index in [1.54, 1.807) is 29.0 Å². The van der Waals surface area contributed by atoms with Crippen LogP contribution >= 0.6 is 11.3 Å². The molecule has 1 aliphatic heterocycles. The molecule has 4 aromatic rings. The van der Waals surface area contributed by atoms with Gasteiger partial charge in [-0.05, 0) is 37.3 Å². The predicted molar refractivity (Wildman–Crippen MR) is 125 cm³/mol. The van der Waals surface area contributed by atoms with Gasteiger partial charge in [0, 0.05) is 30.5 Å². The quantitative estimate of drug-likeness (QED) is 0.517. The van der Waals surface area contributed by atoms with E-state index in [1.165, 1.54) is 6.07 Å². The molecule has 162 valence electrons. The molecule has 3 heterocycles. The molecule has 0 radical (unpaired) electrons. The molecular formula is C23H21N5O3S. The van der Waals surface area contributed by atoms with Gasteiger partial charge in [-0.3, -0.25) is 9.59 Å². The summed E-state index contributed by atoms with van der Waals surface area (Å²) in [4.78, 5) is 32.3. The number of morpholine rings is 1. The fraction of sp³-hybridized carbons (Fsp3) is 0.217. The number of rotatable bonds is 4. The lowest BCUT2D eigenvalue weighted by Gasteiger charge is -2.25. The van der Waals surface area contributed by atoms with Crippen molar-refractivity contribution >= 4 is 38.3 Å². The summed E-state index contributed by atoms with van der Waals surface area (Å²) in [5.74, 6) is -0.544. The van der Waals surface area contributed by atoms with Crippen LogP contribution in [0.1, 0.15) is 16.2 Å². The van der Waals surface area contributed by atoms with Crippen LogP contribution in [0.4, 0.5) is 10.8 Å². The zero-order valence-electron chi connectivity index (χ0n) is 17.4. The Morgan fingerprint density at radius 2 is 1.88 bits per heavy atom. The van der Waals surface area contributed by atoms with Gasteiger partial charge in [-0.25, -0.2) is 9.67 Å². The van der Waals surface area contributed by atoms with Crippen LogP contribution in [0, 0.1) is 6.92 Å². The summed E-state index contributed by atoms with van der Waals surface area (Å²) >= 11 is 1.57. The minimum absolute atomic E-state index is 0.155. The standard InChI is InChI=1S/C23H21N5O3S/c1-15-13-19(29)21(26-28(15)17-5-3-2-4-6-17)22(30)24-16-7-8-18-20(14-16)32-23(25-18)27-9-11-31-12-10-27/h2-8,13-14H,9-12H2,1H3,(H,24,30). The summed E-state index contributed by atoms with van der Waals surface area (Å²) in [7, 11) is 0. The normalized spacial score (nSPS) is 14.0. The molecule has 9 heteroatoms. The van der Waals surface area contributed by atoms with Crippen molar-refractivity contribution in [2.24, 2.45) is 0 Å². The molecule has 0 saturated carbocycles. The van der Waals surface area contributed by atoms with E-state index in [1.807, 2.05) is 42.5 Å². The Kier molecular flexibility index (Phi) is 5.42. The SMILES string of the molecule is Cc1cc(=O)c(C(=O)Nc2ccc3nc(N4CCOCC4)sc3c2)nn1-c1ccccc1. The molecule has 5 rings (SSSR count). The summed E-state index contributed by atoms with van der Waals surface area (Å²) in [6.07, 6.45) is 0. The van der Waals surface area contributed by atoms with E-state index in [0.717, 1.165) is 34.1 Å². The highest BCUT2D eigenvalue weighted by Crippen LogP contribution is 2.31. The summed E-state index contributed by atoms with van der Waals surface area (Å²) in [5.41, 5.74) is 2.32. The monoisotopic (exact) mass is 447 g/mol. The number of nitrogens with one attached hydrogen (secondary N) is 1. The average Bonchev–Trinajstić information content (AvgIpc) is 3.24. The minimum atomic E-state index is -0.544. The number of para-hydroxylation sites is 1. The van der Waals surface area contributed by atoms with Gasteiger partial charge in [-0.2, -0.15) is 5.10 Å². The average molecular weight is 448 g/mol. The third-order valence-corrected chi connectivity index (χ3v) is 6.32. The maximum absolute atomic E-state index is 12.9. The molecule has 0 aliphatic carbocycles. The molecule has 1 amide bonds. The molecule has 8 nitrogen and oxygen atoms in total. The van der Waals surface area contributed by atoms with E-state index in [2.05, 4.69) is 15.3 Å². The van der Waals surface area contributed by atoms with Gasteiger partial charge in [0.1, 0.15) is 0 Å². The number of anilines is 2. The van der Waals surface area contributed by atoms with E-state index in [9.17, 15) is 9.59 Å². The van der Waals surface area contributed by atoms with Gasteiger partial charge in [-0.1, -0.05) is 29.5 Å². The highest BCUT2D eigenvalue weighted by molar-refractivity contribution is 7.22. The number of aromatic nitrogens is 3. The highest BCUT2D eigenvalue weighted by atomic mass is 32.1. The van der Waals surface area contributed by atoms with Crippen LogP contribution in [0.15, 0.2) is 59.4 Å². The van der Waals surface area contributed by atoms with Crippen LogP contribution in [0.3, 0.4) is 0 Å². The zero-order valence-corrected chi connectivity index (χ0v) is 18.3. The van der Waals surface area contributed by atoms with Gasteiger partial charge in [-0.15, -0.1) is 0 Å². The van der Waals surface area contributed by atoms with Crippen LogP contribution in [-0.2, 0) is 4.74 Å². The van der Waals surface area contributed by atoms with Gasteiger partial charge in [0.05, 0.1) is 29.1 Å². The topological polar surface area (TPSA) is 89.3 Å². The first kappa shape index (κ1) is 20.3. The number of nitrogens with zero attached hydrogens (tertiary/aromatic N) is 4. The van der Waals surface area contributed by atoms with Crippen molar-refractivity contribution in [2.45, 2.75) is 6.92 Å². The van der Waals surface area contributed by atoms with Crippen molar-refractivity contribution in [2.75, 3.05) is 36.5 Å². The van der Waals surface area contributed by atoms with Crippen molar-refractivity contribution < 1.29 is 9.53 Å². The number of hydrogen-bond donors (Lipinski definition) is 1. The number of thiazole rings is 1. The maximum Gasteiger partial charge on any atom is 0.280 e. The maximum atomic E-state index is 12.9. The van der Waals surface area contributed by atoms with Crippen molar-refractivity contribution in [3.05, 3.63) is 76.2 Å². The lowest BCUT2D eigenvalue weighted by Crippen LogP contribution is -2.36. The minimum Gasteiger partial charge on any atom is -0.378 e. The van der Waals surface area contributed by atoms with Crippen molar-refractivity contribution in [3.63, 3.8) is 0 Å². The Morgan fingerprint density at radius 1 is 1.09 bits per heavy atom. The summed E-state index contributed by atoms with van der Waals surface area (Å²) in [5, 5.41) is 8.08. The van der Waals surface area contributed by atoms with Crippen LogP contribution in [0.5, 0.6) is 0 Å². The molecule has 0 spiro atoms. The second-order valence-electron chi connectivity index (χ2n) is 7.48. The number of amides is 1. The Labute approximate surface area is 188 Å². The number of aryl methyl sites for hydroxylation is 1. The molecule has 1 N–H and O–H groups in total. The highest BCUT2D eigenvalue weighted by Gasteiger charge is 2.18. The second kappa shape index (κ2) is 8.52. The second-order valence-corrected chi connectivity index (χ2v) is 8.49. The Hall–Kier alpha value is -3.56. The van der Waals surface area contributed by atoms with Crippen molar-refractivity contribution in [1.82, 2.24) is 14.8 Å². The number of carbonyl (C=O) groups is 1. The van der Waals surface area contributed by atoms with Crippen LogP contribution in [0.2, 0.25) is 0 Å². The molecule has 32 heavy (non-hydrogen) atoms. The molecule has 2 aromatic heterocycles. The zero-order chi connectivity index (χ0) is 22.1. The summed E-state index contributed by atoms with van der Waals surface area (Å²) < 4.78 is 7.96. The first-order chi connectivity index (χ1) is 15.6. The van der Waals surface area contributed by atoms with Gasteiger partial charge in [0.2, 0.25) is 5.43 Å². The smallest absolute Gasteiger partial charge is 0.280 e. The van der Waals surface area contributed by atoms with E-state index < -0.39 is 11.3 Å². The summed E-state index contributed by atoms with van der Waals surface area (Å²) in [6.45, 7) is 4.81. The van der Waals surface area contributed by atoms with Crippen molar-refractivity contribution in [1.29, 1.82) is 0 Å². The molecule has 0 bridgehead atoms. The van der Waals surface area contributed by atoms with E-state index in [0.29, 0.717) is 24.6 Å². The van der Waals surface area contributed by atoms with Gasteiger partial charge in [0.25, 0.3) is 5.91 Å². The van der Waals surface area contributed by atoms with Gasteiger partial charge >= 0.3 is 0 Å². The molecule has 1 fully saturated rings. The molecule has 1 aliphatic rings. The Morgan fingerprint density at radius 3 is 2.66 bits per heavy atom. The van der Waals surface area contributed by atoms with Gasteiger partial charge < -0.3 is 15.0 Å².